The molecule has 1 heterocycles. The smallest absolute Gasteiger partial charge is 0.0918 e. The molecule has 0 radical (unpaired) electrons. The van der Waals surface area contributed by atoms with Crippen LogP contribution in [0.2, 0.25) is 0 Å². The largest absolute Gasteiger partial charge is 0.388 e. The molecule has 0 spiro atoms. The number of hydrogen-bond donors (Lipinski definition) is 2. The second-order valence-electron chi connectivity index (χ2n) is 7.05. The van der Waals surface area contributed by atoms with Crippen molar-refractivity contribution in [3.8, 4) is 0 Å². The van der Waals surface area contributed by atoms with Crippen LogP contribution >= 0.6 is 11.3 Å². The summed E-state index contributed by atoms with van der Waals surface area (Å²) in [5, 5.41) is 17.7. The highest BCUT2D eigenvalue weighted by atomic mass is 32.1. The number of hydrogen-bond acceptors (Lipinski definition) is 3. The molecule has 2 nitrogen and oxygen atoms in total. The maximum absolute atomic E-state index is 10.7. The Morgan fingerprint density at radius 3 is 2.61 bits per heavy atom. The first-order valence-electron chi connectivity index (χ1n) is 8.72. The quantitative estimate of drug-likeness (QED) is 0.763. The van der Waals surface area contributed by atoms with Gasteiger partial charge in [0.2, 0.25) is 0 Å². The Hall–Kier alpha value is -1.32. The summed E-state index contributed by atoms with van der Waals surface area (Å²) in [5.41, 5.74) is 1.90. The van der Waals surface area contributed by atoms with E-state index in [1.165, 1.54) is 48.2 Å². The minimum atomic E-state index is -0.741. The minimum absolute atomic E-state index is 0.585. The SMILES string of the molecule is CC(O)(CNc1sccc1C1CCCCC1)Cc1ccccc1. The van der Waals surface area contributed by atoms with E-state index in [-0.39, 0.29) is 0 Å². The maximum Gasteiger partial charge on any atom is 0.0918 e. The molecule has 0 amide bonds. The van der Waals surface area contributed by atoms with Gasteiger partial charge in [0.15, 0.2) is 0 Å². The number of benzene rings is 1. The number of thiophene rings is 1. The fraction of sp³-hybridized carbons (Fsp3) is 0.500. The van der Waals surface area contributed by atoms with Crippen LogP contribution in [0.5, 0.6) is 0 Å². The average molecular weight is 330 g/mol. The molecule has 1 aromatic heterocycles. The van der Waals surface area contributed by atoms with Gasteiger partial charge in [-0.2, -0.15) is 0 Å². The lowest BCUT2D eigenvalue weighted by Crippen LogP contribution is -2.35. The second kappa shape index (κ2) is 7.50. The molecule has 3 rings (SSSR count). The Morgan fingerprint density at radius 1 is 1.13 bits per heavy atom. The number of anilines is 1. The first-order chi connectivity index (χ1) is 11.1. The van der Waals surface area contributed by atoms with E-state index in [1.807, 2.05) is 25.1 Å². The topological polar surface area (TPSA) is 32.3 Å². The Balaban J connectivity index is 1.60. The summed E-state index contributed by atoms with van der Waals surface area (Å²) in [6.45, 7) is 2.50. The van der Waals surface area contributed by atoms with E-state index < -0.39 is 5.60 Å². The van der Waals surface area contributed by atoms with Gasteiger partial charge in [0.1, 0.15) is 0 Å². The monoisotopic (exact) mass is 329 g/mol. The van der Waals surface area contributed by atoms with E-state index in [4.69, 9.17) is 0 Å². The molecule has 1 aromatic carbocycles. The van der Waals surface area contributed by atoms with Crippen molar-refractivity contribution in [1.82, 2.24) is 0 Å². The van der Waals surface area contributed by atoms with Crippen LogP contribution in [0, 0.1) is 0 Å². The van der Waals surface area contributed by atoms with E-state index in [1.54, 1.807) is 11.3 Å². The van der Waals surface area contributed by atoms with Gasteiger partial charge < -0.3 is 10.4 Å². The third kappa shape index (κ3) is 4.58. The summed E-state index contributed by atoms with van der Waals surface area (Å²) < 4.78 is 0. The molecule has 2 N–H and O–H groups in total. The average Bonchev–Trinajstić information content (AvgIpc) is 3.03. The fourth-order valence-corrected chi connectivity index (χ4v) is 4.44. The van der Waals surface area contributed by atoms with E-state index in [9.17, 15) is 5.11 Å². The van der Waals surface area contributed by atoms with Gasteiger partial charge >= 0.3 is 0 Å². The molecular formula is C20H27NOS. The molecule has 23 heavy (non-hydrogen) atoms. The normalized spacial score (nSPS) is 18.5. The van der Waals surface area contributed by atoms with Crippen LogP contribution in [0.3, 0.4) is 0 Å². The first kappa shape index (κ1) is 16.5. The summed E-state index contributed by atoms with van der Waals surface area (Å²) >= 11 is 1.77. The van der Waals surface area contributed by atoms with Crippen molar-refractivity contribution < 1.29 is 5.11 Å². The van der Waals surface area contributed by atoms with Crippen molar-refractivity contribution >= 4 is 16.3 Å². The summed E-state index contributed by atoms with van der Waals surface area (Å²) in [7, 11) is 0. The van der Waals surface area contributed by atoms with Crippen LogP contribution in [0.25, 0.3) is 0 Å². The predicted octanol–water partition coefficient (Wildman–Crippen LogP) is 5.20. The van der Waals surface area contributed by atoms with Crippen LogP contribution in [0.15, 0.2) is 41.8 Å². The molecule has 2 aromatic rings. The van der Waals surface area contributed by atoms with Crippen LogP contribution in [-0.4, -0.2) is 17.3 Å². The van der Waals surface area contributed by atoms with Crippen LogP contribution < -0.4 is 5.32 Å². The van der Waals surface area contributed by atoms with Gasteiger partial charge in [0.25, 0.3) is 0 Å². The maximum atomic E-state index is 10.7. The highest BCUT2D eigenvalue weighted by Gasteiger charge is 2.23. The molecule has 1 unspecified atom stereocenters. The van der Waals surface area contributed by atoms with E-state index >= 15 is 0 Å². The second-order valence-corrected chi connectivity index (χ2v) is 7.97. The zero-order valence-electron chi connectivity index (χ0n) is 13.9. The summed E-state index contributed by atoms with van der Waals surface area (Å²) in [5.74, 6) is 0.705. The lowest BCUT2D eigenvalue weighted by molar-refractivity contribution is 0.0742. The molecule has 0 saturated heterocycles. The van der Waals surface area contributed by atoms with Gasteiger partial charge in [0.05, 0.1) is 10.6 Å². The van der Waals surface area contributed by atoms with Crippen LogP contribution in [0.4, 0.5) is 5.00 Å². The zero-order valence-corrected chi connectivity index (χ0v) is 14.7. The van der Waals surface area contributed by atoms with E-state index in [0.29, 0.717) is 18.9 Å². The Morgan fingerprint density at radius 2 is 1.87 bits per heavy atom. The number of rotatable bonds is 6. The van der Waals surface area contributed by atoms with Crippen molar-refractivity contribution in [3.05, 3.63) is 52.9 Å². The first-order valence-corrected chi connectivity index (χ1v) is 9.60. The van der Waals surface area contributed by atoms with Crippen molar-refractivity contribution in [2.75, 3.05) is 11.9 Å². The van der Waals surface area contributed by atoms with Gasteiger partial charge in [-0.1, -0.05) is 49.6 Å². The van der Waals surface area contributed by atoms with Crippen molar-refractivity contribution in [2.24, 2.45) is 0 Å². The fourth-order valence-electron chi connectivity index (χ4n) is 3.57. The van der Waals surface area contributed by atoms with E-state index in [2.05, 4.69) is 28.9 Å². The molecule has 3 heteroatoms. The molecule has 1 aliphatic rings. The van der Waals surface area contributed by atoms with Gasteiger partial charge in [-0.3, -0.25) is 0 Å². The number of aliphatic hydroxyl groups is 1. The Labute approximate surface area is 143 Å². The zero-order chi connectivity index (χ0) is 16.1. The molecule has 1 saturated carbocycles. The van der Waals surface area contributed by atoms with Crippen molar-refractivity contribution in [3.63, 3.8) is 0 Å². The van der Waals surface area contributed by atoms with Crippen LogP contribution in [0.1, 0.15) is 56.1 Å². The molecule has 124 valence electrons. The standard InChI is InChI=1S/C20H27NOS/c1-20(22,14-16-8-4-2-5-9-16)15-21-19-18(12-13-23-19)17-10-6-3-7-11-17/h2,4-5,8-9,12-13,17,21-22H,3,6-7,10-11,14-15H2,1H3. The lowest BCUT2D eigenvalue weighted by Gasteiger charge is -2.26. The summed E-state index contributed by atoms with van der Waals surface area (Å²) in [4.78, 5) is 0. The predicted molar refractivity (Wildman–Crippen MR) is 99.4 cm³/mol. The van der Waals surface area contributed by atoms with Gasteiger partial charge in [-0.15, -0.1) is 11.3 Å². The van der Waals surface area contributed by atoms with E-state index in [0.717, 1.165) is 0 Å². The van der Waals surface area contributed by atoms with Crippen molar-refractivity contribution in [1.29, 1.82) is 0 Å². The third-order valence-corrected chi connectivity index (χ3v) is 5.69. The third-order valence-electron chi connectivity index (χ3n) is 4.80. The highest BCUT2D eigenvalue weighted by molar-refractivity contribution is 7.14. The Bertz CT molecular complexity index is 599. The molecule has 1 atom stereocenters. The molecule has 0 bridgehead atoms. The highest BCUT2D eigenvalue weighted by Crippen LogP contribution is 2.39. The van der Waals surface area contributed by atoms with Gasteiger partial charge in [-0.25, -0.2) is 0 Å². The molecular weight excluding hydrogens is 302 g/mol. The van der Waals surface area contributed by atoms with Crippen molar-refractivity contribution in [2.45, 2.75) is 57.0 Å². The molecule has 1 fully saturated rings. The lowest BCUT2D eigenvalue weighted by atomic mass is 9.85. The summed E-state index contributed by atoms with van der Waals surface area (Å²) in [6.07, 6.45) is 7.38. The summed E-state index contributed by atoms with van der Waals surface area (Å²) in [6, 6.07) is 12.5. The Kier molecular flexibility index (Phi) is 5.39. The van der Waals surface area contributed by atoms with Gasteiger partial charge in [-0.05, 0) is 48.3 Å². The number of nitrogens with one attached hydrogen (secondary N) is 1. The van der Waals surface area contributed by atoms with Gasteiger partial charge in [0, 0.05) is 13.0 Å². The minimum Gasteiger partial charge on any atom is -0.388 e. The molecule has 1 aliphatic carbocycles. The molecule has 0 aliphatic heterocycles. The van der Waals surface area contributed by atoms with Crippen LogP contribution in [-0.2, 0) is 6.42 Å².